The molecule has 0 saturated carbocycles. The van der Waals surface area contributed by atoms with Gasteiger partial charge >= 0.3 is 0 Å². The number of rotatable bonds is 7. The second-order valence-corrected chi connectivity index (χ2v) is 8.84. The zero-order valence-electron chi connectivity index (χ0n) is 20.1. The Morgan fingerprint density at radius 2 is 1.78 bits per heavy atom. The first-order valence-electron chi connectivity index (χ1n) is 11.8. The Hall–Kier alpha value is -4.17. The molecule has 2 atom stereocenters. The van der Waals surface area contributed by atoms with Crippen LogP contribution in [0.25, 0.3) is 5.69 Å². The van der Waals surface area contributed by atoms with Crippen LogP contribution in [-0.2, 0) is 4.79 Å². The van der Waals surface area contributed by atoms with Crippen LogP contribution in [0, 0.1) is 0 Å². The molecule has 0 aliphatic carbocycles. The quantitative estimate of drug-likeness (QED) is 0.333. The molecule has 1 aliphatic heterocycles. The Morgan fingerprint density at radius 1 is 1.03 bits per heavy atom. The maximum Gasteiger partial charge on any atom is 0.221 e. The van der Waals surface area contributed by atoms with E-state index in [1.54, 1.807) is 6.20 Å². The summed E-state index contributed by atoms with van der Waals surface area (Å²) >= 11 is 5.85. The molecule has 0 spiro atoms. The van der Waals surface area contributed by atoms with Crippen LogP contribution >= 0.6 is 12.2 Å². The lowest BCUT2D eigenvalue weighted by Gasteiger charge is -2.29. The van der Waals surface area contributed by atoms with E-state index in [9.17, 15) is 4.79 Å². The van der Waals surface area contributed by atoms with Crippen LogP contribution in [0.3, 0.4) is 0 Å². The molecule has 1 aliphatic rings. The molecule has 36 heavy (non-hydrogen) atoms. The van der Waals surface area contributed by atoms with E-state index in [2.05, 4.69) is 49.5 Å². The van der Waals surface area contributed by atoms with Crippen LogP contribution in [0.4, 0.5) is 11.4 Å². The molecule has 5 rings (SSSR count). The molecule has 1 fully saturated rings. The Balaban J connectivity index is 1.58. The second kappa shape index (κ2) is 10.2. The molecule has 1 saturated heterocycles. The number of hydrogen-bond acceptors (Lipinski definition) is 4. The summed E-state index contributed by atoms with van der Waals surface area (Å²) in [6.45, 7) is 4.10. The first kappa shape index (κ1) is 23.6. The number of pyridine rings is 1. The molecule has 3 heterocycles. The van der Waals surface area contributed by atoms with Gasteiger partial charge in [-0.3, -0.25) is 9.78 Å². The van der Waals surface area contributed by atoms with E-state index in [0.29, 0.717) is 11.7 Å². The van der Waals surface area contributed by atoms with Crippen molar-refractivity contribution in [1.29, 1.82) is 0 Å². The summed E-state index contributed by atoms with van der Waals surface area (Å²) in [6, 6.07) is 25.5. The lowest BCUT2D eigenvalue weighted by molar-refractivity contribution is -0.114. The zero-order chi connectivity index (χ0) is 25.1. The SMILES string of the molecule is CCOc1ccc(-n2cccc2[C@H]2[C@@H](c3ccccn3)NC(=S)N2c2ccc(NC(C)=O)cc2)cc1. The number of carbonyl (C=O) groups excluding carboxylic acids is 1. The Morgan fingerprint density at radius 3 is 2.44 bits per heavy atom. The predicted molar refractivity (Wildman–Crippen MR) is 146 cm³/mol. The summed E-state index contributed by atoms with van der Waals surface area (Å²) in [5.41, 5.74) is 4.65. The van der Waals surface area contributed by atoms with E-state index in [1.807, 2.05) is 67.6 Å². The molecule has 1 amide bonds. The Bertz CT molecular complexity index is 1350. The van der Waals surface area contributed by atoms with E-state index < -0.39 is 0 Å². The van der Waals surface area contributed by atoms with E-state index in [4.69, 9.17) is 17.0 Å². The van der Waals surface area contributed by atoms with Gasteiger partial charge in [0.05, 0.1) is 18.3 Å². The van der Waals surface area contributed by atoms with Gasteiger partial charge in [-0.25, -0.2) is 0 Å². The van der Waals surface area contributed by atoms with Crippen LogP contribution in [0.15, 0.2) is 91.3 Å². The van der Waals surface area contributed by atoms with Gasteiger partial charge in [-0.05, 0) is 91.9 Å². The molecular formula is C28H27N5O2S. The van der Waals surface area contributed by atoms with Crippen molar-refractivity contribution in [3.05, 3.63) is 103 Å². The summed E-state index contributed by atoms with van der Waals surface area (Å²) in [7, 11) is 0. The summed E-state index contributed by atoms with van der Waals surface area (Å²) < 4.78 is 7.80. The number of benzene rings is 2. The van der Waals surface area contributed by atoms with Crippen LogP contribution in [0.2, 0.25) is 0 Å². The number of ether oxygens (including phenoxy) is 1. The van der Waals surface area contributed by atoms with Crippen molar-refractivity contribution in [2.75, 3.05) is 16.8 Å². The molecule has 182 valence electrons. The minimum absolute atomic E-state index is 0.109. The Labute approximate surface area is 215 Å². The molecular weight excluding hydrogens is 470 g/mol. The average molecular weight is 498 g/mol. The third-order valence-electron chi connectivity index (χ3n) is 6.07. The number of nitrogens with zero attached hydrogens (tertiary/aromatic N) is 3. The van der Waals surface area contributed by atoms with Gasteiger partial charge in [-0.15, -0.1) is 0 Å². The zero-order valence-corrected chi connectivity index (χ0v) is 20.9. The van der Waals surface area contributed by atoms with Gasteiger partial charge in [-0.2, -0.15) is 0 Å². The number of hydrogen-bond donors (Lipinski definition) is 2. The fourth-order valence-corrected chi connectivity index (χ4v) is 4.93. The van der Waals surface area contributed by atoms with Crippen molar-refractivity contribution < 1.29 is 9.53 Å². The highest BCUT2D eigenvalue weighted by Crippen LogP contribution is 2.42. The normalized spacial score (nSPS) is 17.1. The van der Waals surface area contributed by atoms with E-state index in [0.717, 1.165) is 34.2 Å². The number of nitrogens with one attached hydrogen (secondary N) is 2. The van der Waals surface area contributed by atoms with Gasteiger partial charge in [0.1, 0.15) is 11.8 Å². The van der Waals surface area contributed by atoms with Crippen LogP contribution in [0.1, 0.15) is 37.3 Å². The van der Waals surface area contributed by atoms with Gasteiger partial charge in [0.2, 0.25) is 5.91 Å². The molecule has 0 radical (unpaired) electrons. The molecule has 7 nitrogen and oxygen atoms in total. The highest BCUT2D eigenvalue weighted by molar-refractivity contribution is 7.80. The lowest BCUT2D eigenvalue weighted by Crippen LogP contribution is -2.30. The van der Waals surface area contributed by atoms with Gasteiger partial charge in [0.15, 0.2) is 5.11 Å². The first-order valence-corrected chi connectivity index (χ1v) is 12.2. The summed E-state index contributed by atoms with van der Waals surface area (Å²) in [5.74, 6) is 0.730. The third-order valence-corrected chi connectivity index (χ3v) is 6.39. The third kappa shape index (κ3) is 4.67. The maximum atomic E-state index is 11.5. The van der Waals surface area contributed by atoms with E-state index in [1.165, 1.54) is 6.92 Å². The predicted octanol–water partition coefficient (Wildman–Crippen LogP) is 5.41. The lowest BCUT2D eigenvalue weighted by atomic mass is 10.0. The molecule has 2 aromatic heterocycles. The minimum Gasteiger partial charge on any atom is -0.494 e. The number of anilines is 2. The topological polar surface area (TPSA) is 71.4 Å². The smallest absolute Gasteiger partial charge is 0.221 e. The first-order chi connectivity index (χ1) is 17.5. The molecule has 8 heteroatoms. The van der Waals surface area contributed by atoms with Gasteiger partial charge < -0.3 is 24.8 Å². The van der Waals surface area contributed by atoms with Crippen molar-refractivity contribution in [1.82, 2.24) is 14.9 Å². The van der Waals surface area contributed by atoms with Crippen molar-refractivity contribution in [3.63, 3.8) is 0 Å². The second-order valence-electron chi connectivity index (χ2n) is 8.45. The van der Waals surface area contributed by atoms with Gasteiger partial charge in [0, 0.05) is 42.1 Å². The van der Waals surface area contributed by atoms with Gasteiger partial charge in [-0.1, -0.05) is 6.07 Å². The van der Waals surface area contributed by atoms with Crippen LogP contribution in [-0.4, -0.2) is 27.2 Å². The summed E-state index contributed by atoms with van der Waals surface area (Å²) in [5, 5.41) is 6.93. The van der Waals surface area contributed by atoms with Crippen molar-refractivity contribution in [2.45, 2.75) is 25.9 Å². The number of thiocarbonyl (C=S) groups is 1. The van der Waals surface area contributed by atoms with E-state index >= 15 is 0 Å². The number of aromatic nitrogens is 2. The van der Waals surface area contributed by atoms with Gasteiger partial charge in [0.25, 0.3) is 0 Å². The van der Waals surface area contributed by atoms with Crippen LogP contribution < -0.4 is 20.3 Å². The monoisotopic (exact) mass is 497 g/mol. The highest BCUT2D eigenvalue weighted by atomic mass is 32.1. The van der Waals surface area contributed by atoms with Crippen molar-refractivity contribution >= 4 is 34.6 Å². The molecule has 0 bridgehead atoms. The minimum atomic E-state index is -0.166. The highest BCUT2D eigenvalue weighted by Gasteiger charge is 2.42. The van der Waals surface area contributed by atoms with E-state index in [-0.39, 0.29) is 18.0 Å². The average Bonchev–Trinajstić information content (AvgIpc) is 3.50. The Kier molecular flexibility index (Phi) is 6.69. The molecule has 2 N–H and O–H groups in total. The van der Waals surface area contributed by atoms with Crippen LogP contribution in [0.5, 0.6) is 5.75 Å². The number of amides is 1. The fourth-order valence-electron chi connectivity index (χ4n) is 4.58. The standard InChI is InChI=1S/C28H27N5O2S/c1-3-35-23-15-13-21(14-16-23)32-18-6-8-25(32)27-26(24-7-4-5-17-29-24)31-28(36)33(27)22-11-9-20(10-12-22)30-19(2)34/h4-18,26-27H,3H2,1-2H3,(H,30,34)(H,31,36)/t26-,27+/m1/s1. The fraction of sp³-hybridized carbons (Fsp3) is 0.179. The summed E-state index contributed by atoms with van der Waals surface area (Å²) in [6.07, 6.45) is 3.85. The molecule has 2 aromatic carbocycles. The number of carbonyl (C=O) groups is 1. The molecule has 4 aromatic rings. The van der Waals surface area contributed by atoms with Crippen molar-refractivity contribution in [2.24, 2.45) is 0 Å². The maximum absolute atomic E-state index is 11.5. The summed E-state index contributed by atoms with van der Waals surface area (Å²) in [4.78, 5) is 18.2. The van der Waals surface area contributed by atoms with Crippen molar-refractivity contribution in [3.8, 4) is 11.4 Å². The molecule has 0 unspecified atom stereocenters. The largest absolute Gasteiger partial charge is 0.494 e.